The van der Waals surface area contributed by atoms with Gasteiger partial charge in [-0.1, -0.05) is 36.8 Å². The maximum atomic E-state index is 10.9. The Morgan fingerprint density at radius 1 is 1.33 bits per heavy atom. The van der Waals surface area contributed by atoms with Crippen molar-refractivity contribution in [3.8, 4) is 0 Å². The lowest BCUT2D eigenvalue weighted by Gasteiger charge is -2.35. The Kier molecular flexibility index (Phi) is 4.76. The van der Waals surface area contributed by atoms with Crippen LogP contribution in [0.3, 0.4) is 0 Å². The van der Waals surface area contributed by atoms with Crippen LogP contribution in [-0.2, 0) is 16.1 Å². The highest BCUT2D eigenvalue weighted by Crippen LogP contribution is 2.19. The smallest absolute Gasteiger partial charge is 0.302 e. The van der Waals surface area contributed by atoms with Crippen LogP contribution in [0.2, 0.25) is 0 Å². The molecule has 0 unspecified atom stereocenters. The van der Waals surface area contributed by atoms with E-state index in [9.17, 15) is 4.79 Å². The first-order valence-corrected chi connectivity index (χ1v) is 6.67. The molecular formula is C15H21NO2. The molecule has 1 heterocycles. The van der Waals surface area contributed by atoms with Crippen molar-refractivity contribution in [3.63, 3.8) is 0 Å². The standard InChI is InChI=1S/C15H21NO2/c1-13(17)18-12-15-9-5-6-10-16(15)11-14-7-3-2-4-8-14/h2-4,7-8,15H,5-6,9-12H2,1H3/t15-/m0/s1. The van der Waals surface area contributed by atoms with Crippen LogP contribution in [-0.4, -0.2) is 30.1 Å². The van der Waals surface area contributed by atoms with Crippen LogP contribution in [0.25, 0.3) is 0 Å². The molecule has 1 atom stereocenters. The van der Waals surface area contributed by atoms with Crippen molar-refractivity contribution >= 4 is 5.97 Å². The number of carbonyl (C=O) groups is 1. The van der Waals surface area contributed by atoms with Crippen molar-refractivity contribution in [1.29, 1.82) is 0 Å². The molecule has 0 aromatic heterocycles. The van der Waals surface area contributed by atoms with E-state index < -0.39 is 0 Å². The first-order chi connectivity index (χ1) is 8.75. The summed E-state index contributed by atoms with van der Waals surface area (Å²) in [6.45, 7) is 4.06. The predicted molar refractivity (Wildman–Crippen MR) is 71.1 cm³/mol. The Balaban J connectivity index is 1.93. The highest BCUT2D eigenvalue weighted by atomic mass is 16.5. The third-order valence-electron chi connectivity index (χ3n) is 3.46. The van der Waals surface area contributed by atoms with Crippen LogP contribution in [0.15, 0.2) is 30.3 Å². The molecule has 0 radical (unpaired) electrons. The van der Waals surface area contributed by atoms with Crippen molar-refractivity contribution in [1.82, 2.24) is 4.90 Å². The normalized spacial score (nSPS) is 20.6. The lowest BCUT2D eigenvalue weighted by Crippen LogP contribution is -2.42. The van der Waals surface area contributed by atoms with E-state index in [4.69, 9.17) is 4.74 Å². The summed E-state index contributed by atoms with van der Waals surface area (Å²) < 4.78 is 5.17. The van der Waals surface area contributed by atoms with Crippen LogP contribution in [0.5, 0.6) is 0 Å². The molecule has 0 saturated carbocycles. The largest absolute Gasteiger partial charge is 0.464 e. The van der Waals surface area contributed by atoms with Crippen molar-refractivity contribution in [3.05, 3.63) is 35.9 Å². The first kappa shape index (κ1) is 13.1. The minimum Gasteiger partial charge on any atom is -0.464 e. The molecular weight excluding hydrogens is 226 g/mol. The highest BCUT2D eigenvalue weighted by Gasteiger charge is 2.23. The van der Waals surface area contributed by atoms with Gasteiger partial charge in [-0.15, -0.1) is 0 Å². The predicted octanol–water partition coefficient (Wildman–Crippen LogP) is 2.60. The van der Waals surface area contributed by atoms with Gasteiger partial charge in [0.25, 0.3) is 0 Å². The number of likely N-dealkylation sites (tertiary alicyclic amines) is 1. The summed E-state index contributed by atoms with van der Waals surface area (Å²) in [5.74, 6) is -0.180. The zero-order chi connectivity index (χ0) is 12.8. The van der Waals surface area contributed by atoms with Gasteiger partial charge >= 0.3 is 5.97 Å². The van der Waals surface area contributed by atoms with Crippen LogP contribution < -0.4 is 0 Å². The minimum atomic E-state index is -0.180. The second-order valence-electron chi connectivity index (χ2n) is 4.91. The summed E-state index contributed by atoms with van der Waals surface area (Å²) in [5.41, 5.74) is 1.33. The number of rotatable bonds is 4. The number of ether oxygens (including phenoxy) is 1. The van der Waals surface area contributed by atoms with Crippen molar-refractivity contribution in [2.45, 2.75) is 38.8 Å². The number of esters is 1. The summed E-state index contributed by atoms with van der Waals surface area (Å²) in [7, 11) is 0. The molecule has 0 aliphatic carbocycles. The molecule has 0 N–H and O–H groups in total. The van der Waals surface area contributed by atoms with Gasteiger partial charge in [0, 0.05) is 19.5 Å². The molecule has 0 amide bonds. The quantitative estimate of drug-likeness (QED) is 0.766. The zero-order valence-electron chi connectivity index (χ0n) is 11.0. The maximum absolute atomic E-state index is 10.9. The summed E-state index contributed by atoms with van der Waals surface area (Å²) >= 11 is 0. The molecule has 3 heteroatoms. The van der Waals surface area contributed by atoms with Crippen LogP contribution in [0.1, 0.15) is 31.7 Å². The van der Waals surface area contributed by atoms with Gasteiger partial charge in [0.1, 0.15) is 6.61 Å². The van der Waals surface area contributed by atoms with E-state index in [1.165, 1.54) is 25.3 Å². The molecule has 1 aliphatic rings. The van der Waals surface area contributed by atoms with Crippen LogP contribution in [0.4, 0.5) is 0 Å². The van der Waals surface area contributed by atoms with Gasteiger partial charge in [0.05, 0.1) is 0 Å². The molecule has 1 aliphatic heterocycles. The minimum absolute atomic E-state index is 0.180. The molecule has 0 spiro atoms. The van der Waals surface area contributed by atoms with Crippen LogP contribution in [0, 0.1) is 0 Å². The monoisotopic (exact) mass is 247 g/mol. The maximum Gasteiger partial charge on any atom is 0.302 e. The molecule has 1 fully saturated rings. The molecule has 0 bridgehead atoms. The lowest BCUT2D eigenvalue weighted by molar-refractivity contribution is -0.143. The summed E-state index contributed by atoms with van der Waals surface area (Å²) in [6, 6.07) is 10.9. The number of piperidine rings is 1. The van der Waals surface area contributed by atoms with Crippen molar-refractivity contribution in [2.24, 2.45) is 0 Å². The summed E-state index contributed by atoms with van der Waals surface area (Å²) in [4.78, 5) is 13.3. The van der Waals surface area contributed by atoms with Gasteiger partial charge in [-0.3, -0.25) is 9.69 Å². The average molecular weight is 247 g/mol. The van der Waals surface area contributed by atoms with E-state index in [0.717, 1.165) is 19.5 Å². The Labute approximate surface area is 109 Å². The van der Waals surface area contributed by atoms with E-state index in [0.29, 0.717) is 12.6 Å². The number of nitrogens with zero attached hydrogens (tertiary/aromatic N) is 1. The molecule has 2 rings (SSSR count). The Morgan fingerprint density at radius 3 is 2.83 bits per heavy atom. The van der Waals surface area contributed by atoms with Crippen LogP contribution >= 0.6 is 0 Å². The zero-order valence-corrected chi connectivity index (χ0v) is 11.0. The van der Waals surface area contributed by atoms with E-state index in [2.05, 4.69) is 29.2 Å². The van der Waals surface area contributed by atoms with E-state index in [1.54, 1.807) is 0 Å². The number of benzene rings is 1. The van der Waals surface area contributed by atoms with Crippen molar-refractivity contribution < 1.29 is 9.53 Å². The number of hydrogen-bond acceptors (Lipinski definition) is 3. The number of hydrogen-bond donors (Lipinski definition) is 0. The molecule has 1 aromatic rings. The Hall–Kier alpha value is -1.35. The Bertz CT molecular complexity index is 377. The fourth-order valence-electron chi connectivity index (χ4n) is 2.49. The third-order valence-corrected chi connectivity index (χ3v) is 3.46. The second-order valence-corrected chi connectivity index (χ2v) is 4.91. The van der Waals surface area contributed by atoms with Gasteiger partial charge in [0.2, 0.25) is 0 Å². The molecule has 1 aromatic carbocycles. The van der Waals surface area contributed by atoms with Gasteiger partial charge in [-0.2, -0.15) is 0 Å². The van der Waals surface area contributed by atoms with Crippen molar-refractivity contribution in [2.75, 3.05) is 13.2 Å². The molecule has 98 valence electrons. The molecule has 1 saturated heterocycles. The summed E-state index contributed by atoms with van der Waals surface area (Å²) in [5, 5.41) is 0. The molecule has 3 nitrogen and oxygen atoms in total. The number of carbonyl (C=O) groups excluding carboxylic acids is 1. The van der Waals surface area contributed by atoms with E-state index >= 15 is 0 Å². The van der Waals surface area contributed by atoms with Gasteiger partial charge in [0.15, 0.2) is 0 Å². The molecule has 18 heavy (non-hydrogen) atoms. The van der Waals surface area contributed by atoms with Gasteiger partial charge in [-0.25, -0.2) is 0 Å². The van der Waals surface area contributed by atoms with Gasteiger partial charge < -0.3 is 4.74 Å². The fourth-order valence-corrected chi connectivity index (χ4v) is 2.49. The Morgan fingerprint density at radius 2 is 2.11 bits per heavy atom. The summed E-state index contributed by atoms with van der Waals surface area (Å²) in [6.07, 6.45) is 3.60. The highest BCUT2D eigenvalue weighted by molar-refractivity contribution is 5.65. The van der Waals surface area contributed by atoms with E-state index in [1.807, 2.05) is 6.07 Å². The topological polar surface area (TPSA) is 29.5 Å². The van der Waals surface area contributed by atoms with E-state index in [-0.39, 0.29) is 5.97 Å². The first-order valence-electron chi connectivity index (χ1n) is 6.67. The lowest BCUT2D eigenvalue weighted by atomic mass is 10.0. The third kappa shape index (κ3) is 3.84. The second kappa shape index (κ2) is 6.55. The fraction of sp³-hybridized carbons (Fsp3) is 0.533. The van der Waals surface area contributed by atoms with Gasteiger partial charge in [-0.05, 0) is 24.9 Å². The average Bonchev–Trinajstić information content (AvgIpc) is 2.39. The SMILES string of the molecule is CC(=O)OC[C@@H]1CCCCN1Cc1ccccc1.